The molecular weight excluding hydrogens is 352 g/mol. The Morgan fingerprint density at radius 1 is 0.885 bits per heavy atom. The Balaban J connectivity index is 1.60. The monoisotopic (exact) mass is 368 g/mol. The quantitative estimate of drug-likeness (QED) is 0.665. The van der Waals surface area contributed by atoms with Crippen LogP contribution in [0, 0.1) is 13.8 Å². The Morgan fingerprint density at radius 3 is 1.92 bits per heavy atom. The van der Waals surface area contributed by atoms with Gasteiger partial charge in [-0.3, -0.25) is 0 Å². The molecule has 0 aliphatic heterocycles. The van der Waals surface area contributed by atoms with Gasteiger partial charge in [-0.05, 0) is 68.4 Å². The molecule has 0 aliphatic rings. The second-order valence-corrected chi connectivity index (χ2v) is 6.08. The van der Waals surface area contributed by atoms with Gasteiger partial charge in [0.05, 0.1) is 0 Å². The van der Waals surface area contributed by atoms with E-state index in [0.29, 0.717) is 28.2 Å². The Bertz CT molecular complexity index is 892. The molecule has 0 bridgehead atoms. The number of carbonyl (C=O) groups is 1. The average Bonchev–Trinajstić information content (AvgIpc) is 2.58. The maximum atomic E-state index is 12.0. The number of anilines is 2. The summed E-state index contributed by atoms with van der Waals surface area (Å²) in [6.45, 7) is 3.77. The van der Waals surface area contributed by atoms with Gasteiger partial charge in [0.2, 0.25) is 0 Å². The van der Waals surface area contributed by atoms with Crippen LogP contribution in [-0.2, 0) is 0 Å². The highest BCUT2D eigenvalue weighted by atomic mass is 35.5. The van der Waals surface area contributed by atoms with Crippen LogP contribution in [0.5, 0.6) is 11.8 Å². The second-order valence-electron chi connectivity index (χ2n) is 5.65. The summed E-state index contributed by atoms with van der Waals surface area (Å²) >= 11 is 5.82. The third-order valence-electron chi connectivity index (χ3n) is 3.39. The Hall–Kier alpha value is -3.12. The van der Waals surface area contributed by atoms with Crippen LogP contribution >= 0.6 is 11.6 Å². The fraction of sp³-hybridized carbons (Fsp3) is 0.105. The molecule has 0 saturated heterocycles. The molecule has 0 saturated carbocycles. The van der Waals surface area contributed by atoms with Crippen molar-refractivity contribution in [2.45, 2.75) is 13.8 Å². The van der Waals surface area contributed by atoms with E-state index in [4.69, 9.17) is 16.3 Å². The second kappa shape index (κ2) is 7.84. The van der Waals surface area contributed by atoms with Crippen LogP contribution in [0.3, 0.4) is 0 Å². The molecule has 3 rings (SSSR count). The van der Waals surface area contributed by atoms with Crippen molar-refractivity contribution >= 4 is 29.0 Å². The summed E-state index contributed by atoms with van der Waals surface area (Å²) in [6.07, 6.45) is 0. The number of carbonyl (C=O) groups excluding carboxylic acids is 1. The maximum Gasteiger partial charge on any atom is 0.323 e. The number of halogens is 1. The zero-order valence-electron chi connectivity index (χ0n) is 14.3. The smallest absolute Gasteiger partial charge is 0.323 e. The van der Waals surface area contributed by atoms with E-state index in [9.17, 15) is 4.79 Å². The molecule has 2 N–H and O–H groups in total. The number of hydrogen-bond acceptors (Lipinski definition) is 4. The number of urea groups is 1. The molecule has 0 atom stereocenters. The minimum absolute atomic E-state index is 0.295. The van der Waals surface area contributed by atoms with Crippen molar-refractivity contribution in [2.24, 2.45) is 0 Å². The molecule has 0 fully saturated rings. The van der Waals surface area contributed by atoms with E-state index in [1.54, 1.807) is 48.5 Å². The van der Waals surface area contributed by atoms with Crippen molar-refractivity contribution in [1.82, 2.24) is 9.97 Å². The molecule has 6 nitrogen and oxygen atoms in total. The Morgan fingerprint density at radius 2 is 1.38 bits per heavy atom. The molecule has 2 aromatic carbocycles. The van der Waals surface area contributed by atoms with Gasteiger partial charge in [-0.1, -0.05) is 11.6 Å². The maximum absolute atomic E-state index is 12.0. The lowest BCUT2D eigenvalue weighted by Gasteiger charge is -2.09. The third-order valence-corrected chi connectivity index (χ3v) is 3.64. The highest BCUT2D eigenvalue weighted by Crippen LogP contribution is 2.21. The Kier molecular flexibility index (Phi) is 5.34. The standard InChI is InChI=1S/C19H17ClN4O2/c1-12-11-13(2)22-19(21-12)26-17-9-7-16(8-10-17)24-18(25)23-15-5-3-14(20)4-6-15/h3-11H,1-2H3,(H2,23,24,25). The van der Waals surface area contributed by atoms with E-state index in [-0.39, 0.29) is 6.03 Å². The molecule has 0 radical (unpaired) electrons. The normalized spacial score (nSPS) is 10.3. The van der Waals surface area contributed by atoms with E-state index in [0.717, 1.165) is 11.4 Å². The summed E-state index contributed by atoms with van der Waals surface area (Å²) in [4.78, 5) is 20.5. The van der Waals surface area contributed by atoms with Crippen molar-refractivity contribution in [3.05, 3.63) is 71.0 Å². The van der Waals surface area contributed by atoms with Gasteiger partial charge >= 0.3 is 12.0 Å². The molecule has 1 aromatic heterocycles. The highest BCUT2D eigenvalue weighted by molar-refractivity contribution is 6.30. The van der Waals surface area contributed by atoms with Crippen LogP contribution in [0.2, 0.25) is 5.02 Å². The first kappa shape index (κ1) is 17.7. The molecule has 3 aromatic rings. The number of ether oxygens (including phenoxy) is 1. The van der Waals surface area contributed by atoms with Crippen LogP contribution in [0.1, 0.15) is 11.4 Å². The summed E-state index contributed by atoms with van der Waals surface area (Å²) in [5.74, 6) is 0.582. The summed E-state index contributed by atoms with van der Waals surface area (Å²) in [7, 11) is 0. The number of nitrogens with one attached hydrogen (secondary N) is 2. The first-order valence-corrected chi connectivity index (χ1v) is 8.29. The molecule has 7 heteroatoms. The molecular formula is C19H17ClN4O2. The Labute approximate surface area is 156 Å². The van der Waals surface area contributed by atoms with Crippen LogP contribution < -0.4 is 15.4 Å². The number of benzene rings is 2. The van der Waals surface area contributed by atoms with Crippen LogP contribution in [-0.4, -0.2) is 16.0 Å². The summed E-state index contributed by atoms with van der Waals surface area (Å²) in [6, 6.07) is 15.6. The van der Waals surface area contributed by atoms with Crippen molar-refractivity contribution in [1.29, 1.82) is 0 Å². The van der Waals surface area contributed by atoms with Crippen molar-refractivity contribution in [3.63, 3.8) is 0 Å². The third kappa shape index (κ3) is 4.94. The van der Waals surface area contributed by atoms with E-state index in [1.165, 1.54) is 0 Å². The number of aryl methyl sites for hydroxylation is 2. The lowest BCUT2D eigenvalue weighted by molar-refractivity contribution is 0.262. The van der Waals surface area contributed by atoms with Crippen LogP contribution in [0.15, 0.2) is 54.6 Å². The van der Waals surface area contributed by atoms with Gasteiger partial charge in [-0.15, -0.1) is 0 Å². The predicted molar refractivity (Wildman–Crippen MR) is 102 cm³/mol. The van der Waals surface area contributed by atoms with Crippen molar-refractivity contribution in [2.75, 3.05) is 10.6 Å². The van der Waals surface area contributed by atoms with Gasteiger partial charge in [-0.25, -0.2) is 14.8 Å². The molecule has 0 aliphatic carbocycles. The van der Waals surface area contributed by atoms with E-state index in [2.05, 4.69) is 20.6 Å². The summed E-state index contributed by atoms with van der Waals surface area (Å²) in [5, 5.41) is 6.08. The van der Waals surface area contributed by atoms with Gasteiger partial charge in [0.1, 0.15) is 5.75 Å². The lowest BCUT2D eigenvalue weighted by atomic mass is 10.3. The van der Waals surface area contributed by atoms with E-state index < -0.39 is 0 Å². The molecule has 0 spiro atoms. The van der Waals surface area contributed by atoms with Gasteiger partial charge in [0, 0.05) is 27.8 Å². The minimum atomic E-state index is -0.348. The fourth-order valence-corrected chi connectivity index (χ4v) is 2.40. The number of hydrogen-bond donors (Lipinski definition) is 2. The number of nitrogens with zero attached hydrogens (tertiary/aromatic N) is 2. The van der Waals surface area contributed by atoms with Gasteiger partial charge in [-0.2, -0.15) is 0 Å². The molecule has 2 amide bonds. The van der Waals surface area contributed by atoms with Crippen molar-refractivity contribution in [3.8, 4) is 11.8 Å². The SMILES string of the molecule is Cc1cc(C)nc(Oc2ccc(NC(=O)Nc3ccc(Cl)cc3)cc2)n1. The number of aromatic nitrogens is 2. The number of rotatable bonds is 4. The topological polar surface area (TPSA) is 76.1 Å². The first-order chi connectivity index (χ1) is 12.5. The largest absolute Gasteiger partial charge is 0.424 e. The highest BCUT2D eigenvalue weighted by Gasteiger charge is 2.05. The van der Waals surface area contributed by atoms with Crippen LogP contribution in [0.4, 0.5) is 16.2 Å². The van der Waals surface area contributed by atoms with Crippen molar-refractivity contribution < 1.29 is 9.53 Å². The lowest BCUT2D eigenvalue weighted by Crippen LogP contribution is -2.19. The van der Waals surface area contributed by atoms with Gasteiger partial charge < -0.3 is 15.4 Å². The zero-order valence-corrected chi connectivity index (χ0v) is 15.0. The van der Waals surface area contributed by atoms with E-state index >= 15 is 0 Å². The summed E-state index contributed by atoms with van der Waals surface area (Å²) < 4.78 is 5.64. The van der Waals surface area contributed by atoms with Gasteiger partial charge in [0.15, 0.2) is 0 Å². The average molecular weight is 369 g/mol. The molecule has 0 unspecified atom stereocenters. The zero-order chi connectivity index (χ0) is 18.5. The molecule has 132 valence electrons. The predicted octanol–water partition coefficient (Wildman–Crippen LogP) is 5.18. The van der Waals surface area contributed by atoms with Crippen LogP contribution in [0.25, 0.3) is 0 Å². The van der Waals surface area contributed by atoms with Gasteiger partial charge in [0.25, 0.3) is 0 Å². The molecule has 1 heterocycles. The molecule has 26 heavy (non-hydrogen) atoms. The first-order valence-electron chi connectivity index (χ1n) is 7.92. The fourth-order valence-electron chi connectivity index (χ4n) is 2.28. The number of amides is 2. The summed E-state index contributed by atoms with van der Waals surface area (Å²) in [5.41, 5.74) is 2.96. The minimum Gasteiger partial charge on any atom is -0.424 e. The van der Waals surface area contributed by atoms with E-state index in [1.807, 2.05) is 19.9 Å².